The minimum absolute atomic E-state index is 0.173. The molecule has 5 nitrogen and oxygen atoms in total. The van der Waals surface area contributed by atoms with E-state index >= 15 is 0 Å². The summed E-state index contributed by atoms with van der Waals surface area (Å²) in [6.45, 7) is 4.30. The Morgan fingerprint density at radius 2 is 2.17 bits per heavy atom. The molecule has 0 spiro atoms. The van der Waals surface area contributed by atoms with Gasteiger partial charge in [0.1, 0.15) is 5.82 Å². The molecule has 0 atom stereocenters. The fourth-order valence-corrected chi connectivity index (χ4v) is 1.67. The molecule has 0 aliphatic heterocycles. The molecule has 0 fully saturated rings. The summed E-state index contributed by atoms with van der Waals surface area (Å²) in [5.74, 6) is 0.620. The largest absolute Gasteiger partial charge is 0.482 e. The predicted molar refractivity (Wildman–Crippen MR) is 70.9 cm³/mol. The van der Waals surface area contributed by atoms with Crippen molar-refractivity contribution in [3.05, 3.63) is 40.4 Å². The highest BCUT2D eigenvalue weighted by Crippen LogP contribution is 2.07. The molecule has 1 aromatic heterocycles. The lowest BCUT2D eigenvalue weighted by atomic mass is 10.2. The third-order valence-electron chi connectivity index (χ3n) is 2.54. The number of benzene rings is 1. The Morgan fingerprint density at radius 3 is 2.89 bits per heavy atom. The van der Waals surface area contributed by atoms with E-state index in [1.165, 1.54) is 11.1 Å². The van der Waals surface area contributed by atoms with Crippen molar-refractivity contribution in [1.82, 2.24) is 9.66 Å². The SMILES string of the molecule is CCO/C=N/n1c(CC)nc2ccccc2c1=O. The quantitative estimate of drug-likeness (QED) is 0.609. The van der Waals surface area contributed by atoms with Gasteiger partial charge in [0.15, 0.2) is 6.40 Å². The molecular weight excluding hydrogens is 230 g/mol. The average molecular weight is 245 g/mol. The second kappa shape index (κ2) is 5.44. The van der Waals surface area contributed by atoms with Crippen molar-refractivity contribution >= 4 is 17.3 Å². The fraction of sp³-hybridized carbons (Fsp3) is 0.308. The third kappa shape index (κ3) is 2.25. The van der Waals surface area contributed by atoms with Crippen molar-refractivity contribution in [3.8, 4) is 0 Å². The zero-order valence-electron chi connectivity index (χ0n) is 10.5. The van der Waals surface area contributed by atoms with Crippen LogP contribution in [0.25, 0.3) is 10.9 Å². The average Bonchev–Trinajstić information content (AvgIpc) is 2.41. The number of nitrogens with zero attached hydrogens (tertiary/aromatic N) is 3. The van der Waals surface area contributed by atoms with Crippen LogP contribution in [-0.2, 0) is 11.2 Å². The molecule has 0 aliphatic carbocycles. The topological polar surface area (TPSA) is 56.5 Å². The summed E-state index contributed by atoms with van der Waals surface area (Å²) in [6.07, 6.45) is 1.90. The number of rotatable bonds is 4. The highest BCUT2D eigenvalue weighted by molar-refractivity contribution is 5.77. The van der Waals surface area contributed by atoms with Crippen LogP contribution in [-0.4, -0.2) is 22.7 Å². The smallest absolute Gasteiger partial charge is 0.282 e. The molecule has 0 unspecified atom stereocenters. The van der Waals surface area contributed by atoms with Gasteiger partial charge in [0.2, 0.25) is 0 Å². The Balaban J connectivity index is 2.63. The first-order valence-corrected chi connectivity index (χ1v) is 5.93. The maximum atomic E-state index is 12.3. The molecule has 0 amide bonds. The summed E-state index contributed by atoms with van der Waals surface area (Å²) in [4.78, 5) is 16.7. The van der Waals surface area contributed by atoms with Crippen molar-refractivity contribution in [1.29, 1.82) is 0 Å². The van der Waals surface area contributed by atoms with E-state index in [1.54, 1.807) is 6.07 Å². The molecule has 18 heavy (non-hydrogen) atoms. The van der Waals surface area contributed by atoms with Crippen molar-refractivity contribution in [2.75, 3.05) is 6.61 Å². The molecule has 0 N–H and O–H groups in total. The summed E-state index contributed by atoms with van der Waals surface area (Å²) in [5.41, 5.74) is 0.524. The molecule has 0 saturated carbocycles. The van der Waals surface area contributed by atoms with Gasteiger partial charge in [0, 0.05) is 6.42 Å². The van der Waals surface area contributed by atoms with Crippen LogP contribution < -0.4 is 5.56 Å². The van der Waals surface area contributed by atoms with Crippen LogP contribution in [0.5, 0.6) is 0 Å². The maximum absolute atomic E-state index is 12.3. The van der Waals surface area contributed by atoms with Crippen LogP contribution in [0.3, 0.4) is 0 Å². The summed E-state index contributed by atoms with van der Waals surface area (Å²) in [7, 11) is 0. The molecule has 1 heterocycles. The molecule has 0 aliphatic rings. The second-order valence-corrected chi connectivity index (χ2v) is 3.69. The van der Waals surface area contributed by atoms with E-state index in [2.05, 4.69) is 10.1 Å². The van der Waals surface area contributed by atoms with E-state index < -0.39 is 0 Å². The number of aryl methyl sites for hydroxylation is 1. The van der Waals surface area contributed by atoms with E-state index in [-0.39, 0.29) is 5.56 Å². The Kier molecular flexibility index (Phi) is 3.72. The second-order valence-electron chi connectivity index (χ2n) is 3.69. The van der Waals surface area contributed by atoms with E-state index in [0.717, 1.165) is 0 Å². The lowest BCUT2D eigenvalue weighted by Gasteiger charge is -2.06. The van der Waals surface area contributed by atoms with Gasteiger partial charge in [0.25, 0.3) is 5.56 Å². The first-order valence-electron chi connectivity index (χ1n) is 5.93. The number of para-hydroxylation sites is 1. The Labute approximate surface area is 105 Å². The van der Waals surface area contributed by atoms with Gasteiger partial charge in [-0.05, 0) is 19.1 Å². The van der Waals surface area contributed by atoms with Gasteiger partial charge >= 0.3 is 0 Å². The van der Waals surface area contributed by atoms with Crippen LogP contribution in [0.4, 0.5) is 0 Å². The van der Waals surface area contributed by atoms with E-state index in [9.17, 15) is 4.79 Å². The molecule has 1 aromatic carbocycles. The number of hydrogen-bond donors (Lipinski definition) is 0. The van der Waals surface area contributed by atoms with Crippen molar-refractivity contribution in [2.45, 2.75) is 20.3 Å². The predicted octanol–water partition coefficient (Wildman–Crippen LogP) is 1.79. The van der Waals surface area contributed by atoms with E-state index in [4.69, 9.17) is 4.74 Å². The van der Waals surface area contributed by atoms with Gasteiger partial charge in [-0.25, -0.2) is 4.98 Å². The van der Waals surface area contributed by atoms with E-state index in [0.29, 0.717) is 29.8 Å². The fourth-order valence-electron chi connectivity index (χ4n) is 1.67. The van der Waals surface area contributed by atoms with E-state index in [1.807, 2.05) is 32.0 Å². The van der Waals surface area contributed by atoms with Gasteiger partial charge in [-0.2, -0.15) is 4.68 Å². The lowest BCUT2D eigenvalue weighted by molar-refractivity contribution is 0.340. The molecule has 5 heteroatoms. The Bertz CT molecular complexity index is 632. The van der Waals surface area contributed by atoms with Crippen LogP contribution >= 0.6 is 0 Å². The molecule has 94 valence electrons. The summed E-state index contributed by atoms with van der Waals surface area (Å²) >= 11 is 0. The number of hydrogen-bond acceptors (Lipinski definition) is 4. The Hall–Kier alpha value is -2.17. The lowest BCUT2D eigenvalue weighted by Crippen LogP contribution is -2.22. The third-order valence-corrected chi connectivity index (χ3v) is 2.54. The van der Waals surface area contributed by atoms with Crippen LogP contribution in [0, 0.1) is 0 Å². The van der Waals surface area contributed by atoms with Crippen LogP contribution in [0.15, 0.2) is 34.2 Å². The standard InChI is InChI=1S/C13H15N3O2/c1-3-12-15-11-8-6-5-7-10(11)13(17)16(12)14-9-18-4-2/h5-9H,3-4H2,1-2H3/b14-9+. The number of ether oxygens (including phenoxy) is 1. The van der Waals surface area contributed by atoms with Crippen molar-refractivity contribution in [3.63, 3.8) is 0 Å². The Morgan fingerprint density at radius 1 is 1.39 bits per heavy atom. The molecule has 2 aromatic rings. The summed E-state index contributed by atoms with van der Waals surface area (Å²) in [6, 6.07) is 7.25. The minimum Gasteiger partial charge on any atom is -0.482 e. The van der Waals surface area contributed by atoms with Gasteiger partial charge in [-0.3, -0.25) is 4.79 Å². The van der Waals surface area contributed by atoms with Crippen molar-refractivity contribution < 1.29 is 4.74 Å². The van der Waals surface area contributed by atoms with Crippen molar-refractivity contribution in [2.24, 2.45) is 5.10 Å². The van der Waals surface area contributed by atoms with Gasteiger partial charge in [-0.1, -0.05) is 19.1 Å². The first-order chi connectivity index (χ1) is 8.77. The highest BCUT2D eigenvalue weighted by atomic mass is 16.5. The minimum atomic E-state index is -0.173. The first kappa shape index (κ1) is 12.3. The molecule has 0 radical (unpaired) electrons. The van der Waals surface area contributed by atoms with Gasteiger partial charge < -0.3 is 4.74 Å². The number of fused-ring (bicyclic) bond motifs is 1. The summed E-state index contributed by atoms with van der Waals surface area (Å²) < 4.78 is 6.31. The maximum Gasteiger partial charge on any atom is 0.282 e. The molecular formula is C13H15N3O2. The highest BCUT2D eigenvalue weighted by Gasteiger charge is 2.08. The van der Waals surface area contributed by atoms with Gasteiger partial charge in [-0.15, -0.1) is 5.10 Å². The zero-order valence-corrected chi connectivity index (χ0v) is 10.5. The molecule has 2 rings (SSSR count). The van der Waals surface area contributed by atoms with Crippen LogP contribution in [0.2, 0.25) is 0 Å². The van der Waals surface area contributed by atoms with Gasteiger partial charge in [0.05, 0.1) is 17.5 Å². The summed E-state index contributed by atoms with van der Waals surface area (Å²) in [5, 5.41) is 4.57. The molecule has 0 bridgehead atoms. The molecule has 0 saturated heterocycles. The normalized spacial score (nSPS) is 11.2. The zero-order chi connectivity index (χ0) is 13.0. The van der Waals surface area contributed by atoms with Crippen LogP contribution in [0.1, 0.15) is 19.7 Å². The number of aromatic nitrogens is 2. The monoisotopic (exact) mass is 245 g/mol.